The molecule has 11 heteroatoms. The standard InChI is InChI=1S/C14H21N9O2/c1-2-3-4-17-12-11-13(20-14(15)19-12)18-7-23(11)10-5-8(21-22-16)9(6-24)25-10/h7-10,24H,2-6H2,1H3,(H3,15,17,19,20)/t8-,9+,10+/m0/s1. The smallest absolute Gasteiger partial charge is 0.224 e. The van der Waals surface area contributed by atoms with Gasteiger partial charge in [-0.2, -0.15) is 9.97 Å². The maximum absolute atomic E-state index is 9.44. The highest BCUT2D eigenvalue weighted by Crippen LogP contribution is 2.34. The topological polar surface area (TPSA) is 160 Å². The summed E-state index contributed by atoms with van der Waals surface area (Å²) in [5, 5.41) is 16.4. The fraction of sp³-hybridized carbons (Fsp3) is 0.643. The van der Waals surface area contributed by atoms with Gasteiger partial charge in [0.25, 0.3) is 0 Å². The van der Waals surface area contributed by atoms with Gasteiger partial charge in [0.1, 0.15) is 11.7 Å². The molecule has 0 saturated carbocycles. The third kappa shape index (κ3) is 3.43. The van der Waals surface area contributed by atoms with Crippen LogP contribution in [0.3, 0.4) is 0 Å². The maximum Gasteiger partial charge on any atom is 0.224 e. The number of hydrogen-bond donors (Lipinski definition) is 3. The first-order chi connectivity index (χ1) is 12.2. The Labute approximate surface area is 143 Å². The molecule has 3 heterocycles. The number of nitrogens with zero attached hydrogens (tertiary/aromatic N) is 7. The monoisotopic (exact) mass is 347 g/mol. The third-order valence-corrected chi connectivity index (χ3v) is 4.16. The van der Waals surface area contributed by atoms with Crippen molar-refractivity contribution in [1.29, 1.82) is 0 Å². The van der Waals surface area contributed by atoms with Gasteiger partial charge in [-0.15, -0.1) is 0 Å². The number of fused-ring (bicyclic) bond motifs is 1. The molecular formula is C14H21N9O2. The van der Waals surface area contributed by atoms with E-state index in [4.69, 9.17) is 16.0 Å². The molecule has 1 aliphatic heterocycles. The third-order valence-electron chi connectivity index (χ3n) is 4.16. The normalized spacial score (nSPS) is 22.9. The van der Waals surface area contributed by atoms with Crippen molar-refractivity contribution in [3.05, 3.63) is 16.8 Å². The SMILES string of the molecule is CCCCNc1nc(N)nc2ncn([C@H]3C[C@H](N=[N+]=[N-])[C@@H](CO)O3)c12. The van der Waals surface area contributed by atoms with Crippen LogP contribution in [0.2, 0.25) is 0 Å². The molecule has 1 aliphatic rings. The quantitative estimate of drug-likeness (QED) is 0.296. The van der Waals surface area contributed by atoms with Gasteiger partial charge in [0.05, 0.1) is 25.1 Å². The van der Waals surface area contributed by atoms with Crippen LogP contribution in [-0.4, -0.2) is 49.9 Å². The van der Waals surface area contributed by atoms with Crippen LogP contribution in [-0.2, 0) is 4.74 Å². The number of rotatable bonds is 7. The maximum atomic E-state index is 9.44. The van der Waals surface area contributed by atoms with Gasteiger partial charge < -0.3 is 20.9 Å². The first-order valence-corrected chi connectivity index (χ1v) is 8.22. The van der Waals surface area contributed by atoms with Gasteiger partial charge in [-0.25, -0.2) is 4.98 Å². The number of imidazole rings is 1. The van der Waals surface area contributed by atoms with E-state index in [1.54, 1.807) is 10.9 Å². The Bertz CT molecular complexity index is 786. The van der Waals surface area contributed by atoms with Crippen LogP contribution in [0.1, 0.15) is 32.4 Å². The lowest BCUT2D eigenvalue weighted by Gasteiger charge is -2.16. The highest BCUT2D eigenvalue weighted by atomic mass is 16.5. The average Bonchev–Trinajstić information content (AvgIpc) is 3.19. The fourth-order valence-electron chi connectivity index (χ4n) is 2.93. The zero-order valence-corrected chi connectivity index (χ0v) is 13.9. The molecule has 3 atom stereocenters. The molecule has 134 valence electrons. The summed E-state index contributed by atoms with van der Waals surface area (Å²) in [5.74, 6) is 0.731. The molecule has 25 heavy (non-hydrogen) atoms. The molecule has 11 nitrogen and oxygen atoms in total. The number of unbranched alkanes of at least 4 members (excludes halogenated alkanes) is 1. The molecule has 0 aromatic carbocycles. The number of hydrogen-bond acceptors (Lipinski definition) is 8. The molecule has 1 saturated heterocycles. The van der Waals surface area contributed by atoms with Gasteiger partial charge in [0.2, 0.25) is 5.95 Å². The Morgan fingerprint density at radius 3 is 3.12 bits per heavy atom. The van der Waals surface area contributed by atoms with E-state index in [1.807, 2.05) is 0 Å². The summed E-state index contributed by atoms with van der Waals surface area (Å²) in [7, 11) is 0. The van der Waals surface area contributed by atoms with Crippen molar-refractivity contribution < 1.29 is 9.84 Å². The number of nitrogen functional groups attached to an aromatic ring is 1. The van der Waals surface area contributed by atoms with Gasteiger partial charge in [-0.3, -0.25) is 4.57 Å². The van der Waals surface area contributed by atoms with E-state index in [0.717, 1.165) is 19.4 Å². The Kier molecular flexibility index (Phi) is 5.17. The van der Waals surface area contributed by atoms with Crippen LogP contribution in [0.25, 0.3) is 21.6 Å². The minimum atomic E-state index is -0.551. The van der Waals surface area contributed by atoms with Gasteiger partial charge in [-0.05, 0) is 12.0 Å². The molecule has 2 aromatic rings. The van der Waals surface area contributed by atoms with Crippen molar-refractivity contribution in [2.45, 2.75) is 44.6 Å². The Hall–Kier alpha value is -2.62. The molecule has 0 unspecified atom stereocenters. The van der Waals surface area contributed by atoms with Crippen molar-refractivity contribution in [1.82, 2.24) is 19.5 Å². The lowest BCUT2D eigenvalue weighted by molar-refractivity contribution is -0.0230. The first-order valence-electron chi connectivity index (χ1n) is 8.22. The number of aliphatic hydroxyl groups excluding tert-OH is 1. The lowest BCUT2D eigenvalue weighted by Crippen LogP contribution is -2.22. The number of anilines is 2. The molecule has 0 spiro atoms. The van der Waals surface area contributed by atoms with Crippen molar-refractivity contribution in [3.63, 3.8) is 0 Å². The zero-order valence-electron chi connectivity index (χ0n) is 13.9. The van der Waals surface area contributed by atoms with E-state index in [9.17, 15) is 5.11 Å². The molecule has 2 aromatic heterocycles. The van der Waals surface area contributed by atoms with Crippen molar-refractivity contribution in [3.8, 4) is 0 Å². The molecule has 4 N–H and O–H groups in total. The van der Waals surface area contributed by atoms with Gasteiger partial charge >= 0.3 is 0 Å². The molecule has 0 bridgehead atoms. The second-order valence-electron chi connectivity index (χ2n) is 5.85. The summed E-state index contributed by atoms with van der Waals surface area (Å²) in [4.78, 5) is 15.5. The Morgan fingerprint density at radius 1 is 1.56 bits per heavy atom. The minimum Gasteiger partial charge on any atom is -0.394 e. The van der Waals surface area contributed by atoms with Crippen LogP contribution in [0.4, 0.5) is 11.8 Å². The molecule has 1 fully saturated rings. The van der Waals surface area contributed by atoms with E-state index in [0.29, 0.717) is 23.4 Å². The van der Waals surface area contributed by atoms with Gasteiger partial charge in [-0.1, -0.05) is 18.5 Å². The van der Waals surface area contributed by atoms with Crippen LogP contribution < -0.4 is 11.1 Å². The lowest BCUT2D eigenvalue weighted by atomic mass is 10.1. The van der Waals surface area contributed by atoms with Crippen molar-refractivity contribution in [2.24, 2.45) is 5.11 Å². The number of aromatic nitrogens is 4. The first kappa shape index (κ1) is 17.2. The van der Waals surface area contributed by atoms with E-state index in [1.165, 1.54) is 0 Å². The Morgan fingerprint density at radius 2 is 2.40 bits per heavy atom. The predicted molar refractivity (Wildman–Crippen MR) is 91.7 cm³/mol. The van der Waals surface area contributed by atoms with Crippen LogP contribution in [0, 0.1) is 0 Å². The van der Waals surface area contributed by atoms with Crippen LogP contribution >= 0.6 is 0 Å². The van der Waals surface area contributed by atoms with Gasteiger partial charge in [0.15, 0.2) is 11.5 Å². The highest BCUT2D eigenvalue weighted by molar-refractivity contribution is 5.84. The summed E-state index contributed by atoms with van der Waals surface area (Å²) in [6, 6.07) is -0.441. The molecule has 0 amide bonds. The highest BCUT2D eigenvalue weighted by Gasteiger charge is 2.36. The predicted octanol–water partition coefficient (Wildman–Crippen LogP) is 1.58. The molecule has 3 rings (SSSR count). The van der Waals surface area contributed by atoms with E-state index < -0.39 is 18.4 Å². The second kappa shape index (κ2) is 7.51. The fourth-order valence-corrected chi connectivity index (χ4v) is 2.93. The van der Waals surface area contributed by atoms with Gasteiger partial charge in [0, 0.05) is 17.9 Å². The van der Waals surface area contributed by atoms with Crippen LogP contribution in [0.5, 0.6) is 0 Å². The number of nitrogens with one attached hydrogen (secondary N) is 1. The van der Waals surface area contributed by atoms with Crippen LogP contribution in [0.15, 0.2) is 11.4 Å². The van der Waals surface area contributed by atoms with Crippen molar-refractivity contribution in [2.75, 3.05) is 24.2 Å². The summed E-state index contributed by atoms with van der Waals surface area (Å²) in [5.41, 5.74) is 15.6. The molecular weight excluding hydrogens is 326 g/mol. The number of nitrogens with two attached hydrogens (primary N) is 1. The minimum absolute atomic E-state index is 0.143. The number of aliphatic hydroxyl groups is 1. The number of azide groups is 1. The summed E-state index contributed by atoms with van der Waals surface area (Å²) < 4.78 is 7.62. The van der Waals surface area contributed by atoms with E-state index in [2.05, 4.69) is 37.2 Å². The van der Waals surface area contributed by atoms with E-state index in [-0.39, 0.29) is 12.6 Å². The number of ether oxygens (including phenoxy) is 1. The largest absolute Gasteiger partial charge is 0.394 e. The molecule has 0 radical (unpaired) electrons. The summed E-state index contributed by atoms with van der Waals surface area (Å²) in [6.45, 7) is 2.63. The Balaban J connectivity index is 1.95. The second-order valence-corrected chi connectivity index (χ2v) is 5.85. The average molecular weight is 347 g/mol. The van der Waals surface area contributed by atoms with E-state index >= 15 is 0 Å². The summed E-state index contributed by atoms with van der Waals surface area (Å²) in [6.07, 6.45) is 3.08. The van der Waals surface area contributed by atoms with Crippen molar-refractivity contribution >= 4 is 22.9 Å². The zero-order chi connectivity index (χ0) is 17.8. The summed E-state index contributed by atoms with van der Waals surface area (Å²) >= 11 is 0. The molecule has 0 aliphatic carbocycles.